The third-order valence-corrected chi connectivity index (χ3v) is 7.74. The lowest BCUT2D eigenvalue weighted by molar-refractivity contribution is -0.130. The molecule has 2 aliphatic rings. The van der Waals surface area contributed by atoms with E-state index in [-0.39, 0.29) is 18.4 Å². The molecule has 0 saturated carbocycles. The molecular weight excluding hydrogens is 510 g/mol. The molecule has 4 heterocycles. The van der Waals surface area contributed by atoms with E-state index in [1.54, 1.807) is 25.4 Å². The van der Waals surface area contributed by atoms with Gasteiger partial charge in [0, 0.05) is 63.6 Å². The highest BCUT2D eigenvalue weighted by molar-refractivity contribution is 5.94. The fraction of sp³-hybridized carbons (Fsp3) is 0.467. The number of aromatic nitrogens is 2. The normalized spacial score (nSPS) is 16.8. The smallest absolute Gasteiger partial charge is 0.251 e. The molecule has 0 spiro atoms. The van der Waals surface area contributed by atoms with E-state index in [2.05, 4.69) is 32.3 Å². The Labute approximate surface area is 234 Å². The first-order chi connectivity index (χ1) is 19.4. The van der Waals surface area contributed by atoms with Crippen LogP contribution in [0.3, 0.4) is 0 Å². The van der Waals surface area contributed by atoms with Gasteiger partial charge >= 0.3 is 0 Å². The zero-order valence-corrected chi connectivity index (χ0v) is 22.9. The lowest BCUT2D eigenvalue weighted by Crippen LogP contribution is -2.42. The molecule has 2 amide bonds. The Kier molecular flexibility index (Phi) is 9.08. The number of oxazole rings is 1. The first-order valence-electron chi connectivity index (χ1n) is 13.9. The maximum Gasteiger partial charge on any atom is 0.251 e. The molecule has 10 nitrogen and oxygen atoms in total. The summed E-state index contributed by atoms with van der Waals surface area (Å²) in [7, 11) is 0. The Bertz CT molecular complexity index is 1290. The Morgan fingerprint density at radius 2 is 2.02 bits per heavy atom. The van der Waals surface area contributed by atoms with Crippen molar-refractivity contribution in [3.05, 3.63) is 77.3 Å². The van der Waals surface area contributed by atoms with E-state index in [1.807, 2.05) is 17.0 Å². The van der Waals surface area contributed by atoms with Crippen molar-refractivity contribution in [2.24, 2.45) is 5.92 Å². The van der Waals surface area contributed by atoms with Gasteiger partial charge < -0.3 is 24.5 Å². The van der Waals surface area contributed by atoms with E-state index < -0.39 is 6.10 Å². The number of hydrogen-bond donors (Lipinski definition) is 2. The summed E-state index contributed by atoms with van der Waals surface area (Å²) >= 11 is 0. The van der Waals surface area contributed by atoms with E-state index >= 15 is 0 Å². The summed E-state index contributed by atoms with van der Waals surface area (Å²) in [6, 6.07) is 9.63. The Balaban J connectivity index is 1.05. The highest BCUT2D eigenvalue weighted by Gasteiger charge is 2.22. The van der Waals surface area contributed by atoms with Crippen molar-refractivity contribution >= 4 is 11.8 Å². The molecule has 2 aliphatic heterocycles. The number of benzene rings is 1. The molecule has 0 unspecified atom stereocenters. The second-order valence-corrected chi connectivity index (χ2v) is 10.7. The number of piperidine rings is 1. The molecule has 40 heavy (non-hydrogen) atoms. The van der Waals surface area contributed by atoms with Gasteiger partial charge in [-0.2, -0.15) is 0 Å². The first kappa shape index (κ1) is 27.8. The number of rotatable bonds is 10. The molecule has 212 valence electrons. The highest BCUT2D eigenvalue weighted by atomic mass is 16.5. The number of ether oxygens (including phenoxy) is 1. The van der Waals surface area contributed by atoms with Crippen molar-refractivity contribution in [3.63, 3.8) is 0 Å². The molecule has 2 aromatic heterocycles. The molecule has 0 aliphatic carbocycles. The maximum absolute atomic E-state index is 12.8. The number of nitrogens with zero attached hydrogens (tertiary/aromatic N) is 4. The second kappa shape index (κ2) is 13.1. The van der Waals surface area contributed by atoms with Gasteiger partial charge in [0.05, 0.1) is 12.3 Å². The molecule has 2 N–H and O–H groups in total. The number of carbonyl (C=O) groups excluding carboxylic acids is 2. The summed E-state index contributed by atoms with van der Waals surface area (Å²) in [5.74, 6) is 1.84. The SMILES string of the molecule is CC(=O)N1CCC(Cc2cc(C(=O)NC[C@H](O)CN3CCc4cc(OCc5cnco5)ccc4C3)ccn2)CC1. The van der Waals surface area contributed by atoms with Crippen molar-refractivity contribution in [3.8, 4) is 5.75 Å². The standard InChI is InChI=1S/C30H37N5O5/c1-21(36)35-10-5-22(6-11-35)12-26-13-24(4-8-32-26)30(38)33-15-27(37)18-34-9-7-23-14-28(3-2-25(23)17-34)39-19-29-16-31-20-40-29/h2-4,8,13-14,16,20,22,27,37H,5-7,9-12,15,17-19H2,1H3,(H,33,38)/t27-/m0/s1. The average molecular weight is 548 g/mol. The quantitative estimate of drug-likeness (QED) is 0.397. The molecule has 0 radical (unpaired) electrons. The van der Waals surface area contributed by atoms with Crippen LogP contribution in [0.1, 0.15) is 52.7 Å². The van der Waals surface area contributed by atoms with Crippen LogP contribution in [0.5, 0.6) is 5.75 Å². The lowest BCUT2D eigenvalue weighted by Gasteiger charge is -2.31. The predicted molar refractivity (Wildman–Crippen MR) is 148 cm³/mol. The first-order valence-corrected chi connectivity index (χ1v) is 13.9. The zero-order valence-electron chi connectivity index (χ0n) is 22.9. The Morgan fingerprint density at radius 3 is 2.80 bits per heavy atom. The van der Waals surface area contributed by atoms with Crippen LogP contribution in [-0.4, -0.2) is 75.5 Å². The van der Waals surface area contributed by atoms with Crippen LogP contribution in [0.15, 0.2) is 53.5 Å². The third-order valence-electron chi connectivity index (χ3n) is 7.74. The van der Waals surface area contributed by atoms with Crippen LogP contribution in [0.25, 0.3) is 0 Å². The number of likely N-dealkylation sites (tertiary alicyclic amines) is 1. The number of carbonyl (C=O) groups is 2. The van der Waals surface area contributed by atoms with Crippen LogP contribution in [0, 0.1) is 5.92 Å². The molecule has 1 atom stereocenters. The molecule has 1 fully saturated rings. The number of amides is 2. The largest absolute Gasteiger partial charge is 0.486 e. The molecular formula is C30H37N5O5. The topological polar surface area (TPSA) is 121 Å². The number of aliphatic hydroxyl groups is 1. The van der Waals surface area contributed by atoms with Gasteiger partial charge in [0.15, 0.2) is 12.2 Å². The van der Waals surface area contributed by atoms with Gasteiger partial charge in [-0.3, -0.25) is 19.5 Å². The summed E-state index contributed by atoms with van der Waals surface area (Å²) in [4.78, 5) is 36.8. The van der Waals surface area contributed by atoms with Crippen molar-refractivity contribution in [2.45, 2.75) is 51.9 Å². The van der Waals surface area contributed by atoms with Gasteiger partial charge in [-0.15, -0.1) is 0 Å². The van der Waals surface area contributed by atoms with E-state index in [0.717, 1.165) is 63.3 Å². The van der Waals surface area contributed by atoms with Gasteiger partial charge in [0.2, 0.25) is 5.91 Å². The van der Waals surface area contributed by atoms with Crippen molar-refractivity contribution in [2.75, 3.05) is 32.7 Å². The van der Waals surface area contributed by atoms with Crippen LogP contribution >= 0.6 is 0 Å². The van der Waals surface area contributed by atoms with E-state index in [4.69, 9.17) is 9.15 Å². The number of hydrogen-bond acceptors (Lipinski definition) is 8. The van der Waals surface area contributed by atoms with Gasteiger partial charge in [-0.25, -0.2) is 4.98 Å². The number of pyridine rings is 1. The van der Waals surface area contributed by atoms with Crippen LogP contribution in [0.4, 0.5) is 0 Å². The van der Waals surface area contributed by atoms with Gasteiger partial charge in [0.1, 0.15) is 12.4 Å². The minimum atomic E-state index is -0.678. The van der Waals surface area contributed by atoms with Crippen LogP contribution in [-0.2, 0) is 30.8 Å². The van der Waals surface area contributed by atoms with Crippen molar-refractivity contribution < 1.29 is 23.8 Å². The van der Waals surface area contributed by atoms with Gasteiger partial charge in [-0.05, 0) is 67.0 Å². The zero-order chi connectivity index (χ0) is 27.9. The summed E-state index contributed by atoms with van der Waals surface area (Å²) < 4.78 is 11.0. The minimum absolute atomic E-state index is 0.127. The molecule has 3 aromatic rings. The molecule has 5 rings (SSSR count). The number of fused-ring (bicyclic) bond motifs is 1. The van der Waals surface area contributed by atoms with Crippen LogP contribution in [0.2, 0.25) is 0 Å². The third kappa shape index (κ3) is 7.45. The molecule has 1 aromatic carbocycles. The van der Waals surface area contributed by atoms with Crippen molar-refractivity contribution in [1.82, 2.24) is 25.1 Å². The van der Waals surface area contributed by atoms with Gasteiger partial charge in [-0.1, -0.05) is 6.07 Å². The average Bonchev–Trinajstić information content (AvgIpc) is 3.49. The molecule has 0 bridgehead atoms. The number of β-amino-alcohol motifs (C(OH)–C–C–N with tert-alkyl or cyclic N) is 1. The second-order valence-electron chi connectivity index (χ2n) is 10.7. The summed E-state index contributed by atoms with van der Waals surface area (Å²) in [6.07, 6.45) is 7.57. The number of aliphatic hydroxyl groups excluding tert-OH is 1. The monoisotopic (exact) mass is 547 g/mol. The van der Waals surface area contributed by atoms with E-state index in [9.17, 15) is 14.7 Å². The molecule has 10 heteroatoms. The summed E-state index contributed by atoms with van der Waals surface area (Å²) in [5.41, 5.74) is 3.89. The lowest BCUT2D eigenvalue weighted by atomic mass is 9.91. The Hall–Kier alpha value is -3.76. The fourth-order valence-electron chi connectivity index (χ4n) is 5.46. The van der Waals surface area contributed by atoms with Crippen molar-refractivity contribution in [1.29, 1.82) is 0 Å². The van der Waals surface area contributed by atoms with Crippen LogP contribution < -0.4 is 10.1 Å². The minimum Gasteiger partial charge on any atom is -0.486 e. The fourth-order valence-corrected chi connectivity index (χ4v) is 5.46. The summed E-state index contributed by atoms with van der Waals surface area (Å²) in [6.45, 7) is 5.72. The van der Waals surface area contributed by atoms with E-state index in [1.165, 1.54) is 17.5 Å². The maximum atomic E-state index is 12.8. The number of nitrogens with one attached hydrogen (secondary N) is 1. The van der Waals surface area contributed by atoms with E-state index in [0.29, 0.717) is 30.4 Å². The van der Waals surface area contributed by atoms with Gasteiger partial charge in [0.25, 0.3) is 5.91 Å². The Morgan fingerprint density at radius 1 is 1.18 bits per heavy atom. The highest BCUT2D eigenvalue weighted by Crippen LogP contribution is 2.25. The predicted octanol–water partition coefficient (Wildman–Crippen LogP) is 2.60. The summed E-state index contributed by atoms with van der Waals surface area (Å²) in [5, 5.41) is 13.5. The molecule has 1 saturated heterocycles.